The summed E-state index contributed by atoms with van der Waals surface area (Å²) >= 11 is 0. The Labute approximate surface area is 97.4 Å². The van der Waals surface area contributed by atoms with Crippen molar-refractivity contribution in [3.63, 3.8) is 0 Å². The molecule has 0 unspecified atom stereocenters. The van der Waals surface area contributed by atoms with Gasteiger partial charge in [-0.15, -0.1) is 0 Å². The molecule has 0 aliphatic carbocycles. The van der Waals surface area contributed by atoms with Gasteiger partial charge in [0.1, 0.15) is 0 Å². The first-order valence-electron chi connectivity index (χ1n) is 5.75. The van der Waals surface area contributed by atoms with E-state index < -0.39 is 0 Å². The van der Waals surface area contributed by atoms with Crippen molar-refractivity contribution < 1.29 is 5.11 Å². The summed E-state index contributed by atoms with van der Waals surface area (Å²) in [6.07, 6.45) is 6.30. The van der Waals surface area contributed by atoms with Gasteiger partial charge in [0.05, 0.1) is 0 Å². The van der Waals surface area contributed by atoms with Crippen LogP contribution in [0.5, 0.6) is 0 Å². The highest BCUT2D eigenvalue weighted by Crippen LogP contribution is 2.02. The lowest BCUT2D eigenvalue weighted by molar-refractivity contribution is 0.414. The lowest BCUT2D eigenvalue weighted by atomic mass is 10.2. The Morgan fingerprint density at radius 2 is 2.06 bits per heavy atom. The van der Waals surface area contributed by atoms with Crippen molar-refractivity contribution >= 4 is 12.0 Å². The minimum Gasteiger partial charge on any atom is -0.273 e. The summed E-state index contributed by atoms with van der Waals surface area (Å²) in [6.45, 7) is 2.75. The van der Waals surface area contributed by atoms with Crippen LogP contribution in [0.25, 0.3) is 6.08 Å². The maximum atomic E-state index is 11.3. The van der Waals surface area contributed by atoms with Crippen molar-refractivity contribution in [2.75, 3.05) is 6.54 Å². The molecule has 0 saturated heterocycles. The summed E-state index contributed by atoms with van der Waals surface area (Å²) in [6, 6.07) is 9.95. The average molecular weight is 216 g/mol. The van der Waals surface area contributed by atoms with Crippen LogP contribution in [0.4, 0.5) is 0 Å². The number of hydrogen-bond donors (Lipinski definition) is 0. The lowest BCUT2D eigenvalue weighted by Crippen LogP contribution is -1.93. The van der Waals surface area contributed by atoms with Gasteiger partial charge in [0.2, 0.25) is 5.90 Å². The molecule has 0 saturated carbocycles. The van der Waals surface area contributed by atoms with Gasteiger partial charge in [-0.2, -0.15) is 0 Å². The minimum absolute atomic E-state index is 0.0272. The molecule has 0 N–H and O–H groups in total. The van der Waals surface area contributed by atoms with Crippen LogP contribution in [0.3, 0.4) is 0 Å². The highest BCUT2D eigenvalue weighted by molar-refractivity contribution is 5.76. The second-order valence-corrected chi connectivity index (χ2v) is 3.65. The molecule has 0 bridgehead atoms. The fourth-order valence-corrected chi connectivity index (χ4v) is 1.29. The number of nitrogens with zero attached hydrogens (tertiary/aromatic N) is 1. The molecule has 2 nitrogen and oxygen atoms in total. The number of rotatable bonds is 6. The Hall–Kier alpha value is -1.57. The predicted octanol–water partition coefficient (Wildman–Crippen LogP) is 3.72. The van der Waals surface area contributed by atoms with Crippen LogP contribution in [0.1, 0.15) is 31.7 Å². The van der Waals surface area contributed by atoms with Crippen LogP contribution in [-0.4, -0.2) is 12.4 Å². The Balaban J connectivity index is 2.34. The summed E-state index contributed by atoms with van der Waals surface area (Å²) in [5, 5.41) is 11.3. The molecule has 1 rings (SSSR count). The average Bonchev–Trinajstić information content (AvgIpc) is 2.31. The van der Waals surface area contributed by atoms with E-state index in [0.29, 0.717) is 13.0 Å². The third-order valence-corrected chi connectivity index (χ3v) is 2.20. The second kappa shape index (κ2) is 7.69. The smallest absolute Gasteiger partial charge is 0.244 e. The van der Waals surface area contributed by atoms with Crippen molar-refractivity contribution in [3.05, 3.63) is 42.0 Å². The van der Waals surface area contributed by atoms with Crippen LogP contribution in [0.2, 0.25) is 0 Å². The molecule has 16 heavy (non-hydrogen) atoms. The zero-order valence-corrected chi connectivity index (χ0v) is 9.73. The van der Waals surface area contributed by atoms with Crippen molar-refractivity contribution in [3.8, 4) is 0 Å². The molecule has 0 amide bonds. The van der Waals surface area contributed by atoms with Gasteiger partial charge in [-0.1, -0.05) is 55.8 Å². The van der Waals surface area contributed by atoms with Crippen LogP contribution in [0, 0.1) is 0 Å². The van der Waals surface area contributed by atoms with Gasteiger partial charge >= 0.3 is 0 Å². The highest BCUT2D eigenvalue weighted by atomic mass is 16.3. The van der Waals surface area contributed by atoms with E-state index in [9.17, 15) is 5.11 Å². The molecule has 1 aromatic rings. The minimum atomic E-state index is -0.0272. The zero-order valence-electron chi connectivity index (χ0n) is 9.73. The topological polar surface area (TPSA) is 32.3 Å². The third kappa shape index (κ3) is 5.35. The Bertz CT molecular complexity index is 341. The molecular formula is C14H18NO. The van der Waals surface area contributed by atoms with E-state index in [1.807, 2.05) is 42.5 Å². The van der Waals surface area contributed by atoms with E-state index in [0.717, 1.165) is 18.4 Å². The summed E-state index contributed by atoms with van der Waals surface area (Å²) < 4.78 is 0. The van der Waals surface area contributed by atoms with E-state index in [-0.39, 0.29) is 5.90 Å². The van der Waals surface area contributed by atoms with Gasteiger partial charge in [0, 0.05) is 13.0 Å². The molecule has 0 atom stereocenters. The van der Waals surface area contributed by atoms with Crippen LogP contribution in [0.15, 0.2) is 41.4 Å². The maximum Gasteiger partial charge on any atom is 0.244 e. The summed E-state index contributed by atoms with van der Waals surface area (Å²) in [5.74, 6) is -0.0272. The fourth-order valence-electron chi connectivity index (χ4n) is 1.29. The molecule has 0 aromatic heterocycles. The molecule has 1 aromatic carbocycles. The van der Waals surface area contributed by atoms with Gasteiger partial charge < -0.3 is 0 Å². The SMILES string of the molecule is CCCCN=C([O])C/C=C/c1ccccc1. The first kappa shape index (κ1) is 12.5. The van der Waals surface area contributed by atoms with Crippen molar-refractivity contribution in [2.45, 2.75) is 26.2 Å². The van der Waals surface area contributed by atoms with E-state index >= 15 is 0 Å². The van der Waals surface area contributed by atoms with Gasteiger partial charge in [0.25, 0.3) is 0 Å². The quantitative estimate of drug-likeness (QED) is 0.394. The Kier molecular flexibility index (Phi) is 6.00. The van der Waals surface area contributed by atoms with Crippen LogP contribution < -0.4 is 0 Å². The number of benzene rings is 1. The normalized spacial score (nSPS) is 12.2. The highest BCUT2D eigenvalue weighted by Gasteiger charge is 1.93. The van der Waals surface area contributed by atoms with E-state index in [2.05, 4.69) is 11.9 Å². The molecule has 0 aliphatic rings. The molecule has 2 heteroatoms. The van der Waals surface area contributed by atoms with Gasteiger partial charge in [-0.25, -0.2) is 0 Å². The number of hydrogen-bond acceptors (Lipinski definition) is 1. The largest absolute Gasteiger partial charge is 0.273 e. The summed E-state index contributed by atoms with van der Waals surface area (Å²) in [7, 11) is 0. The maximum absolute atomic E-state index is 11.3. The third-order valence-electron chi connectivity index (χ3n) is 2.20. The van der Waals surface area contributed by atoms with Crippen molar-refractivity contribution in [1.29, 1.82) is 0 Å². The first-order chi connectivity index (χ1) is 7.83. The molecule has 0 spiro atoms. The Morgan fingerprint density at radius 1 is 1.31 bits per heavy atom. The molecule has 0 aliphatic heterocycles. The second-order valence-electron chi connectivity index (χ2n) is 3.65. The molecule has 85 valence electrons. The fraction of sp³-hybridized carbons (Fsp3) is 0.357. The van der Waals surface area contributed by atoms with Crippen molar-refractivity contribution in [1.82, 2.24) is 0 Å². The molecular weight excluding hydrogens is 198 g/mol. The summed E-state index contributed by atoms with van der Waals surface area (Å²) in [4.78, 5) is 3.95. The monoisotopic (exact) mass is 216 g/mol. The standard InChI is InChI=1S/C14H18NO/c1-2-3-12-15-14(16)11-7-10-13-8-5-4-6-9-13/h4-10H,2-3,11-12H2,1H3/b10-7+,15-14?. The van der Waals surface area contributed by atoms with Gasteiger partial charge in [-0.05, 0) is 12.0 Å². The lowest BCUT2D eigenvalue weighted by Gasteiger charge is -1.92. The number of unbranched alkanes of at least 4 members (excludes halogenated alkanes) is 1. The summed E-state index contributed by atoms with van der Waals surface area (Å²) in [5.41, 5.74) is 1.11. The predicted molar refractivity (Wildman–Crippen MR) is 68.0 cm³/mol. The zero-order chi connectivity index (χ0) is 11.6. The molecule has 1 radical (unpaired) electrons. The van der Waals surface area contributed by atoms with Gasteiger partial charge in [0.15, 0.2) is 0 Å². The molecule has 0 fully saturated rings. The van der Waals surface area contributed by atoms with Crippen LogP contribution in [-0.2, 0) is 5.11 Å². The number of aliphatic imine (C=N–C) groups is 1. The van der Waals surface area contributed by atoms with Crippen molar-refractivity contribution in [2.24, 2.45) is 4.99 Å². The molecule has 0 heterocycles. The van der Waals surface area contributed by atoms with E-state index in [1.54, 1.807) is 0 Å². The van der Waals surface area contributed by atoms with Gasteiger partial charge in [-0.3, -0.25) is 10.1 Å². The Morgan fingerprint density at radius 3 is 2.75 bits per heavy atom. The van der Waals surface area contributed by atoms with Crippen LogP contribution >= 0.6 is 0 Å². The van der Waals surface area contributed by atoms with E-state index in [4.69, 9.17) is 0 Å². The van der Waals surface area contributed by atoms with E-state index in [1.165, 1.54) is 0 Å². The first-order valence-corrected chi connectivity index (χ1v) is 5.75.